The number of rotatable bonds is 4. The number of carbonyl (C=O) groups is 1. The predicted molar refractivity (Wildman–Crippen MR) is 79.4 cm³/mol. The summed E-state index contributed by atoms with van der Waals surface area (Å²) in [6.07, 6.45) is 1.56. The normalized spacial score (nSPS) is 18.1. The van der Waals surface area contributed by atoms with Crippen molar-refractivity contribution in [3.63, 3.8) is 0 Å². The van der Waals surface area contributed by atoms with Crippen LogP contribution in [0, 0.1) is 5.92 Å². The summed E-state index contributed by atoms with van der Waals surface area (Å²) in [5.41, 5.74) is 6.29. The summed E-state index contributed by atoms with van der Waals surface area (Å²) in [5, 5.41) is 11.1. The third-order valence-corrected chi connectivity index (χ3v) is 4.16. The first-order valence-electron chi connectivity index (χ1n) is 7.03. The first kappa shape index (κ1) is 15.3. The van der Waals surface area contributed by atoms with Gasteiger partial charge in [-0.3, -0.25) is 4.79 Å². The third-order valence-electron chi connectivity index (χ3n) is 3.91. The Morgan fingerprint density at radius 1 is 1.35 bits per heavy atom. The standard InChI is InChI=1S/C15H21ClN2O2/c16-13-3-1-11(2-4-13)15(20)12-6-9-18(10-7-12)14(19)5-8-17/h1-4,12,15,20H,5-10,17H2. The number of benzene rings is 1. The fourth-order valence-corrected chi connectivity index (χ4v) is 2.80. The second-order valence-electron chi connectivity index (χ2n) is 5.25. The van der Waals surface area contributed by atoms with E-state index in [-0.39, 0.29) is 11.8 Å². The Morgan fingerprint density at radius 2 is 1.95 bits per heavy atom. The smallest absolute Gasteiger partial charge is 0.223 e. The van der Waals surface area contributed by atoms with Crippen LogP contribution in [0.3, 0.4) is 0 Å². The summed E-state index contributed by atoms with van der Waals surface area (Å²) in [7, 11) is 0. The molecule has 1 aliphatic heterocycles. The van der Waals surface area contributed by atoms with Crippen LogP contribution in [0.1, 0.15) is 30.9 Å². The molecule has 5 heteroatoms. The highest BCUT2D eigenvalue weighted by Crippen LogP contribution is 2.31. The second kappa shape index (κ2) is 7.07. The molecule has 110 valence electrons. The van der Waals surface area contributed by atoms with Crippen LogP contribution in [0.2, 0.25) is 5.02 Å². The van der Waals surface area contributed by atoms with Crippen molar-refractivity contribution < 1.29 is 9.90 Å². The van der Waals surface area contributed by atoms with Crippen LogP contribution in [0.4, 0.5) is 0 Å². The molecule has 0 saturated carbocycles. The molecule has 4 nitrogen and oxygen atoms in total. The number of aliphatic hydroxyl groups excluding tert-OH is 1. The van der Waals surface area contributed by atoms with Crippen LogP contribution in [-0.4, -0.2) is 35.5 Å². The molecular formula is C15H21ClN2O2. The van der Waals surface area contributed by atoms with E-state index in [1.807, 2.05) is 17.0 Å². The fraction of sp³-hybridized carbons (Fsp3) is 0.533. The molecule has 1 aromatic carbocycles. The summed E-state index contributed by atoms with van der Waals surface area (Å²) in [6.45, 7) is 1.80. The van der Waals surface area contributed by atoms with E-state index in [0.29, 0.717) is 31.1 Å². The number of carbonyl (C=O) groups excluding carboxylic acids is 1. The molecule has 1 aliphatic rings. The number of piperidine rings is 1. The zero-order chi connectivity index (χ0) is 14.5. The largest absolute Gasteiger partial charge is 0.388 e. The van der Waals surface area contributed by atoms with E-state index in [0.717, 1.165) is 18.4 Å². The molecule has 1 aromatic rings. The Kier molecular flexibility index (Phi) is 5.40. The number of halogens is 1. The van der Waals surface area contributed by atoms with Gasteiger partial charge in [0.15, 0.2) is 0 Å². The highest BCUT2D eigenvalue weighted by Gasteiger charge is 2.27. The summed E-state index contributed by atoms with van der Waals surface area (Å²) >= 11 is 5.85. The van der Waals surface area contributed by atoms with E-state index >= 15 is 0 Å². The van der Waals surface area contributed by atoms with Gasteiger partial charge >= 0.3 is 0 Å². The molecule has 1 heterocycles. The SMILES string of the molecule is NCCC(=O)N1CCC(C(O)c2ccc(Cl)cc2)CC1. The van der Waals surface area contributed by atoms with Crippen LogP contribution < -0.4 is 5.73 Å². The number of hydrogen-bond acceptors (Lipinski definition) is 3. The Hall–Kier alpha value is -1.10. The molecule has 1 atom stereocenters. The van der Waals surface area contributed by atoms with Crippen molar-refractivity contribution in [2.45, 2.75) is 25.4 Å². The number of amides is 1. The van der Waals surface area contributed by atoms with Crippen molar-refractivity contribution in [2.75, 3.05) is 19.6 Å². The van der Waals surface area contributed by atoms with Crippen molar-refractivity contribution in [2.24, 2.45) is 11.7 Å². The highest BCUT2D eigenvalue weighted by molar-refractivity contribution is 6.30. The molecule has 0 bridgehead atoms. The van der Waals surface area contributed by atoms with E-state index in [1.54, 1.807) is 12.1 Å². The molecule has 0 aromatic heterocycles. The van der Waals surface area contributed by atoms with E-state index in [4.69, 9.17) is 17.3 Å². The van der Waals surface area contributed by atoms with Gasteiger partial charge in [-0.2, -0.15) is 0 Å². The summed E-state index contributed by atoms with van der Waals surface area (Å²) in [5.74, 6) is 0.310. The Morgan fingerprint density at radius 3 is 2.50 bits per heavy atom. The molecule has 0 spiro atoms. The molecule has 2 rings (SSSR count). The van der Waals surface area contributed by atoms with Gasteiger partial charge in [0.05, 0.1) is 6.10 Å². The van der Waals surface area contributed by atoms with Gasteiger partial charge in [-0.25, -0.2) is 0 Å². The second-order valence-corrected chi connectivity index (χ2v) is 5.69. The summed E-state index contributed by atoms with van der Waals surface area (Å²) in [6, 6.07) is 7.30. The molecule has 20 heavy (non-hydrogen) atoms. The van der Waals surface area contributed by atoms with Crippen LogP contribution >= 0.6 is 11.6 Å². The maximum atomic E-state index is 11.8. The van der Waals surface area contributed by atoms with Crippen LogP contribution in [0.5, 0.6) is 0 Å². The fourth-order valence-electron chi connectivity index (χ4n) is 2.68. The van der Waals surface area contributed by atoms with Crippen molar-refractivity contribution in [3.8, 4) is 0 Å². The van der Waals surface area contributed by atoms with Crippen molar-refractivity contribution >= 4 is 17.5 Å². The lowest BCUT2D eigenvalue weighted by Gasteiger charge is -2.34. The van der Waals surface area contributed by atoms with Crippen molar-refractivity contribution in [1.82, 2.24) is 4.90 Å². The molecule has 1 amide bonds. The maximum Gasteiger partial charge on any atom is 0.223 e. The van der Waals surface area contributed by atoms with Gasteiger partial charge in [-0.15, -0.1) is 0 Å². The zero-order valence-corrected chi connectivity index (χ0v) is 12.2. The molecule has 0 radical (unpaired) electrons. The lowest BCUT2D eigenvalue weighted by molar-refractivity contribution is -0.133. The first-order valence-corrected chi connectivity index (χ1v) is 7.41. The minimum atomic E-state index is -0.487. The van der Waals surface area contributed by atoms with Crippen LogP contribution in [0.15, 0.2) is 24.3 Å². The molecular weight excluding hydrogens is 276 g/mol. The number of likely N-dealkylation sites (tertiary alicyclic amines) is 1. The Balaban J connectivity index is 1.90. The summed E-state index contributed by atoms with van der Waals surface area (Å²) < 4.78 is 0. The van der Waals surface area contributed by atoms with E-state index in [1.165, 1.54) is 0 Å². The molecule has 1 fully saturated rings. The average molecular weight is 297 g/mol. The predicted octanol–water partition coefficient (Wildman–Crippen LogP) is 1.96. The molecule has 1 unspecified atom stereocenters. The number of aliphatic hydroxyl groups is 1. The topological polar surface area (TPSA) is 66.6 Å². The first-order chi connectivity index (χ1) is 9.61. The van der Waals surface area contributed by atoms with Crippen LogP contribution in [0.25, 0.3) is 0 Å². The lowest BCUT2D eigenvalue weighted by atomic mass is 9.87. The van der Waals surface area contributed by atoms with Crippen molar-refractivity contribution in [1.29, 1.82) is 0 Å². The average Bonchev–Trinajstić information content (AvgIpc) is 2.48. The van der Waals surface area contributed by atoms with Gasteiger partial charge in [0.25, 0.3) is 0 Å². The van der Waals surface area contributed by atoms with Gasteiger partial charge in [-0.1, -0.05) is 23.7 Å². The van der Waals surface area contributed by atoms with E-state index in [2.05, 4.69) is 0 Å². The van der Waals surface area contributed by atoms with Gasteiger partial charge < -0.3 is 15.7 Å². The van der Waals surface area contributed by atoms with E-state index in [9.17, 15) is 9.90 Å². The number of hydrogen-bond donors (Lipinski definition) is 2. The molecule has 1 saturated heterocycles. The van der Waals surface area contributed by atoms with E-state index < -0.39 is 6.10 Å². The van der Waals surface area contributed by atoms with Crippen LogP contribution in [-0.2, 0) is 4.79 Å². The van der Waals surface area contributed by atoms with Gasteiger partial charge in [-0.05, 0) is 36.5 Å². The molecule has 3 N–H and O–H groups in total. The third kappa shape index (κ3) is 3.72. The van der Waals surface area contributed by atoms with Gasteiger partial charge in [0.1, 0.15) is 0 Å². The number of nitrogens with two attached hydrogens (primary N) is 1. The Bertz CT molecular complexity index is 442. The highest BCUT2D eigenvalue weighted by atomic mass is 35.5. The minimum Gasteiger partial charge on any atom is -0.388 e. The molecule has 0 aliphatic carbocycles. The Labute approximate surface area is 124 Å². The van der Waals surface area contributed by atoms with Gasteiger partial charge in [0, 0.05) is 31.1 Å². The minimum absolute atomic E-state index is 0.118. The quantitative estimate of drug-likeness (QED) is 0.892. The zero-order valence-electron chi connectivity index (χ0n) is 11.5. The monoisotopic (exact) mass is 296 g/mol. The van der Waals surface area contributed by atoms with Crippen molar-refractivity contribution in [3.05, 3.63) is 34.9 Å². The maximum absolute atomic E-state index is 11.8. The lowest BCUT2D eigenvalue weighted by Crippen LogP contribution is -2.40. The van der Waals surface area contributed by atoms with Gasteiger partial charge in [0.2, 0.25) is 5.91 Å². The number of nitrogens with zero attached hydrogens (tertiary/aromatic N) is 1. The summed E-state index contributed by atoms with van der Waals surface area (Å²) in [4.78, 5) is 13.6.